The van der Waals surface area contributed by atoms with Gasteiger partial charge in [-0.1, -0.05) is 18.2 Å². The summed E-state index contributed by atoms with van der Waals surface area (Å²) in [6, 6.07) is 12.8. The molecular formula is C14H13N3O5S. The lowest BCUT2D eigenvalue weighted by Crippen LogP contribution is -2.46. The fourth-order valence-electron chi connectivity index (χ4n) is 1.56. The summed E-state index contributed by atoms with van der Waals surface area (Å²) in [7, 11) is -3.96. The van der Waals surface area contributed by atoms with E-state index in [1.165, 1.54) is 48.5 Å². The Hall–Kier alpha value is -2.91. The number of hydrogen-bond donors (Lipinski definition) is 4. The van der Waals surface area contributed by atoms with Crippen LogP contribution in [0.1, 0.15) is 0 Å². The average molecular weight is 335 g/mol. The molecule has 0 aromatic heterocycles. The van der Waals surface area contributed by atoms with Gasteiger partial charge in [0.05, 0.1) is 4.90 Å². The maximum atomic E-state index is 11.9. The number of phenolic OH excluding ortho intramolecular Hbond substituents is 1. The first kappa shape index (κ1) is 16.5. The van der Waals surface area contributed by atoms with Gasteiger partial charge in [0.15, 0.2) is 0 Å². The van der Waals surface area contributed by atoms with E-state index >= 15 is 0 Å². The zero-order valence-electron chi connectivity index (χ0n) is 11.7. The predicted molar refractivity (Wildman–Crippen MR) is 81.6 cm³/mol. The van der Waals surface area contributed by atoms with Crippen molar-refractivity contribution in [2.24, 2.45) is 0 Å². The number of rotatable bonds is 4. The standard InChI is InChI=1S/C14H13N3O5S/c18-11-8-6-10(7-9-11)15-13(19)14(20)16-17-23(21,22)12-4-2-1-3-5-12/h1-9,17-18H,(H,15,19)(H,16,20). The van der Waals surface area contributed by atoms with Crippen molar-refractivity contribution in [2.75, 3.05) is 5.32 Å². The van der Waals surface area contributed by atoms with Crippen LogP contribution >= 0.6 is 0 Å². The lowest BCUT2D eigenvalue weighted by molar-refractivity contribution is -0.136. The maximum absolute atomic E-state index is 11.9. The van der Waals surface area contributed by atoms with Crippen molar-refractivity contribution < 1.29 is 23.1 Å². The summed E-state index contributed by atoms with van der Waals surface area (Å²) in [6.45, 7) is 0. The fourth-order valence-corrected chi connectivity index (χ4v) is 2.42. The molecule has 120 valence electrons. The normalized spacial score (nSPS) is 10.8. The molecule has 4 N–H and O–H groups in total. The number of phenols is 1. The van der Waals surface area contributed by atoms with Crippen LogP contribution in [0.3, 0.4) is 0 Å². The molecule has 0 aliphatic carbocycles. The second-order valence-electron chi connectivity index (χ2n) is 4.37. The molecule has 0 saturated carbocycles. The van der Waals surface area contributed by atoms with E-state index in [4.69, 9.17) is 5.11 Å². The minimum atomic E-state index is -3.96. The van der Waals surface area contributed by atoms with Crippen molar-refractivity contribution >= 4 is 27.5 Å². The molecule has 0 fully saturated rings. The van der Waals surface area contributed by atoms with Gasteiger partial charge in [-0.05, 0) is 36.4 Å². The largest absolute Gasteiger partial charge is 0.508 e. The van der Waals surface area contributed by atoms with Gasteiger partial charge in [-0.25, -0.2) is 8.42 Å². The molecule has 0 unspecified atom stereocenters. The van der Waals surface area contributed by atoms with Crippen LogP contribution in [0.5, 0.6) is 5.75 Å². The Balaban J connectivity index is 1.94. The second kappa shape index (κ2) is 6.90. The first-order chi connectivity index (χ1) is 10.9. The van der Waals surface area contributed by atoms with Gasteiger partial charge < -0.3 is 10.4 Å². The van der Waals surface area contributed by atoms with Crippen molar-refractivity contribution in [2.45, 2.75) is 4.90 Å². The molecule has 0 atom stereocenters. The Kier molecular flexibility index (Phi) is 4.94. The molecule has 2 rings (SSSR count). The number of nitrogens with one attached hydrogen (secondary N) is 3. The minimum Gasteiger partial charge on any atom is -0.508 e. The minimum absolute atomic E-state index is 0.00284. The second-order valence-corrected chi connectivity index (χ2v) is 6.06. The summed E-state index contributed by atoms with van der Waals surface area (Å²) in [4.78, 5) is 25.0. The number of hydrazine groups is 1. The van der Waals surface area contributed by atoms with E-state index in [0.29, 0.717) is 0 Å². The molecule has 0 spiro atoms. The number of carbonyl (C=O) groups is 2. The van der Waals surface area contributed by atoms with E-state index in [1.807, 2.05) is 10.3 Å². The molecule has 2 aromatic rings. The molecule has 0 aliphatic rings. The van der Waals surface area contributed by atoms with E-state index in [9.17, 15) is 18.0 Å². The zero-order valence-corrected chi connectivity index (χ0v) is 12.5. The molecule has 0 aliphatic heterocycles. The van der Waals surface area contributed by atoms with Crippen LogP contribution in [0.25, 0.3) is 0 Å². The number of carbonyl (C=O) groups excluding carboxylic acids is 2. The highest BCUT2D eigenvalue weighted by molar-refractivity contribution is 7.89. The number of anilines is 1. The highest BCUT2D eigenvalue weighted by Crippen LogP contribution is 2.13. The maximum Gasteiger partial charge on any atom is 0.324 e. The van der Waals surface area contributed by atoms with Crippen LogP contribution in [0.2, 0.25) is 0 Å². The van der Waals surface area contributed by atoms with Gasteiger partial charge in [0, 0.05) is 5.69 Å². The van der Waals surface area contributed by atoms with E-state index in [1.54, 1.807) is 6.07 Å². The monoisotopic (exact) mass is 335 g/mol. The summed E-state index contributed by atoms with van der Waals surface area (Å²) in [5.41, 5.74) is 2.09. The highest BCUT2D eigenvalue weighted by Gasteiger charge is 2.18. The van der Waals surface area contributed by atoms with Gasteiger partial charge in [0.1, 0.15) is 5.75 Å². The number of benzene rings is 2. The third-order valence-electron chi connectivity index (χ3n) is 2.68. The summed E-state index contributed by atoms with van der Waals surface area (Å²) in [5, 5.41) is 11.4. The van der Waals surface area contributed by atoms with Crippen LogP contribution in [-0.4, -0.2) is 25.3 Å². The first-order valence-corrected chi connectivity index (χ1v) is 7.84. The Morgan fingerprint density at radius 1 is 0.870 bits per heavy atom. The SMILES string of the molecule is O=C(NNS(=O)(=O)c1ccccc1)C(=O)Nc1ccc(O)cc1. The van der Waals surface area contributed by atoms with Crippen LogP contribution < -0.4 is 15.6 Å². The summed E-state index contributed by atoms with van der Waals surface area (Å²) >= 11 is 0. The quantitative estimate of drug-likeness (QED) is 0.364. The zero-order chi connectivity index (χ0) is 16.9. The Morgan fingerprint density at radius 3 is 2.09 bits per heavy atom. The molecule has 2 amide bonds. The van der Waals surface area contributed by atoms with Crippen molar-refractivity contribution in [3.05, 3.63) is 54.6 Å². The molecule has 0 radical (unpaired) electrons. The lowest BCUT2D eigenvalue weighted by Gasteiger charge is -2.08. The molecule has 0 heterocycles. The van der Waals surface area contributed by atoms with Crippen LogP contribution in [0.15, 0.2) is 59.5 Å². The molecule has 9 heteroatoms. The van der Waals surface area contributed by atoms with Crippen molar-refractivity contribution in [1.29, 1.82) is 0 Å². The predicted octanol–water partition coefficient (Wildman–Crippen LogP) is 0.340. The smallest absolute Gasteiger partial charge is 0.324 e. The third-order valence-corrected chi connectivity index (χ3v) is 3.95. The molecule has 0 bridgehead atoms. The molecule has 0 saturated heterocycles. The van der Waals surface area contributed by atoms with E-state index < -0.39 is 21.8 Å². The highest BCUT2D eigenvalue weighted by atomic mass is 32.2. The number of hydrogen-bond acceptors (Lipinski definition) is 5. The molecule has 23 heavy (non-hydrogen) atoms. The van der Waals surface area contributed by atoms with Gasteiger partial charge in [0.25, 0.3) is 10.0 Å². The van der Waals surface area contributed by atoms with E-state index in [0.717, 1.165) is 0 Å². The Labute approximate surface area is 132 Å². The summed E-state index contributed by atoms with van der Waals surface area (Å²) < 4.78 is 23.7. The van der Waals surface area contributed by atoms with Gasteiger partial charge in [-0.3, -0.25) is 15.0 Å². The average Bonchev–Trinajstić information content (AvgIpc) is 2.55. The van der Waals surface area contributed by atoms with E-state index in [-0.39, 0.29) is 16.3 Å². The number of aromatic hydroxyl groups is 1. The number of amides is 2. The van der Waals surface area contributed by atoms with Gasteiger partial charge in [0.2, 0.25) is 0 Å². The first-order valence-electron chi connectivity index (χ1n) is 6.36. The summed E-state index contributed by atoms with van der Waals surface area (Å²) in [5.74, 6) is -2.24. The Morgan fingerprint density at radius 2 is 1.48 bits per heavy atom. The fraction of sp³-hybridized carbons (Fsp3) is 0. The van der Waals surface area contributed by atoms with Gasteiger partial charge in [-0.2, -0.15) is 0 Å². The Bertz CT molecular complexity index is 804. The van der Waals surface area contributed by atoms with Crippen molar-refractivity contribution in [1.82, 2.24) is 10.3 Å². The van der Waals surface area contributed by atoms with Gasteiger partial charge in [-0.15, -0.1) is 4.83 Å². The molecule has 2 aromatic carbocycles. The third kappa shape index (κ3) is 4.53. The molecule has 8 nitrogen and oxygen atoms in total. The van der Waals surface area contributed by atoms with Crippen molar-refractivity contribution in [3.63, 3.8) is 0 Å². The topological polar surface area (TPSA) is 125 Å². The van der Waals surface area contributed by atoms with E-state index in [2.05, 4.69) is 5.32 Å². The number of sulfonamides is 1. The lowest BCUT2D eigenvalue weighted by atomic mass is 10.3. The summed E-state index contributed by atoms with van der Waals surface area (Å²) in [6.07, 6.45) is 0. The molecular weight excluding hydrogens is 322 g/mol. The van der Waals surface area contributed by atoms with Crippen molar-refractivity contribution in [3.8, 4) is 5.75 Å². The van der Waals surface area contributed by atoms with Crippen LogP contribution in [0, 0.1) is 0 Å². The van der Waals surface area contributed by atoms with Crippen LogP contribution in [0.4, 0.5) is 5.69 Å². The van der Waals surface area contributed by atoms with Crippen LogP contribution in [-0.2, 0) is 19.6 Å². The van der Waals surface area contributed by atoms with Gasteiger partial charge >= 0.3 is 11.8 Å².